The second-order valence-corrected chi connectivity index (χ2v) is 3.68. The van der Waals surface area contributed by atoms with Gasteiger partial charge in [0.1, 0.15) is 0 Å². The van der Waals surface area contributed by atoms with Crippen LogP contribution in [0.15, 0.2) is 18.5 Å². The Balaban J connectivity index is 2.21. The van der Waals surface area contributed by atoms with Crippen LogP contribution < -0.4 is 10.6 Å². The van der Waals surface area contributed by atoms with Gasteiger partial charge in [0.2, 0.25) is 5.91 Å². The van der Waals surface area contributed by atoms with Crippen molar-refractivity contribution >= 4 is 5.91 Å². The number of amides is 1. The van der Waals surface area contributed by atoms with Gasteiger partial charge in [-0.1, -0.05) is 0 Å². The minimum Gasteiger partial charge on any atom is -0.356 e. The predicted molar refractivity (Wildman–Crippen MR) is 64.0 cm³/mol. The molecule has 0 aliphatic heterocycles. The molecule has 0 bridgehead atoms. The van der Waals surface area contributed by atoms with E-state index >= 15 is 0 Å². The first kappa shape index (κ1) is 12.6. The number of aryl methyl sites for hydroxylation is 1. The smallest absolute Gasteiger partial charge is 0.221 e. The Kier molecular flexibility index (Phi) is 5.50. The number of nitrogens with one attached hydrogen (secondary N) is 2. The van der Waals surface area contributed by atoms with Gasteiger partial charge in [0.15, 0.2) is 0 Å². The molecule has 1 amide bonds. The van der Waals surface area contributed by atoms with E-state index < -0.39 is 0 Å². The van der Waals surface area contributed by atoms with Crippen molar-refractivity contribution in [3.05, 3.63) is 29.6 Å². The SMILES string of the molecule is CCNC(=O)CCNCc1cnccc1C. The number of hydrogen-bond donors (Lipinski definition) is 2. The quantitative estimate of drug-likeness (QED) is 0.705. The number of pyridine rings is 1. The average Bonchev–Trinajstić information content (AvgIpc) is 2.27. The number of carbonyl (C=O) groups excluding carboxylic acids is 1. The summed E-state index contributed by atoms with van der Waals surface area (Å²) < 4.78 is 0. The van der Waals surface area contributed by atoms with E-state index in [9.17, 15) is 4.79 Å². The highest BCUT2D eigenvalue weighted by molar-refractivity contribution is 5.75. The van der Waals surface area contributed by atoms with E-state index in [-0.39, 0.29) is 5.91 Å². The van der Waals surface area contributed by atoms with E-state index in [1.165, 1.54) is 11.1 Å². The first-order valence-electron chi connectivity index (χ1n) is 5.61. The van der Waals surface area contributed by atoms with E-state index in [4.69, 9.17) is 0 Å². The molecule has 88 valence electrons. The molecular formula is C12H19N3O. The lowest BCUT2D eigenvalue weighted by Crippen LogP contribution is -2.27. The van der Waals surface area contributed by atoms with Crippen molar-refractivity contribution in [1.29, 1.82) is 0 Å². The maximum absolute atomic E-state index is 11.2. The monoisotopic (exact) mass is 221 g/mol. The lowest BCUT2D eigenvalue weighted by molar-refractivity contribution is -0.120. The van der Waals surface area contributed by atoms with Crippen LogP contribution in [0.2, 0.25) is 0 Å². The molecule has 1 rings (SSSR count). The van der Waals surface area contributed by atoms with E-state index in [2.05, 4.69) is 22.5 Å². The molecule has 4 nitrogen and oxygen atoms in total. The number of nitrogens with zero attached hydrogens (tertiary/aromatic N) is 1. The third-order valence-electron chi connectivity index (χ3n) is 2.37. The van der Waals surface area contributed by atoms with Crippen molar-refractivity contribution in [2.24, 2.45) is 0 Å². The van der Waals surface area contributed by atoms with Crippen molar-refractivity contribution in [2.75, 3.05) is 13.1 Å². The van der Waals surface area contributed by atoms with Gasteiger partial charge in [-0.2, -0.15) is 0 Å². The first-order valence-corrected chi connectivity index (χ1v) is 5.61. The minimum atomic E-state index is 0.0953. The number of carbonyl (C=O) groups is 1. The highest BCUT2D eigenvalue weighted by Crippen LogP contribution is 2.03. The van der Waals surface area contributed by atoms with Crippen LogP contribution in [0.1, 0.15) is 24.5 Å². The molecule has 16 heavy (non-hydrogen) atoms. The molecule has 0 saturated carbocycles. The van der Waals surface area contributed by atoms with Crippen LogP contribution >= 0.6 is 0 Å². The predicted octanol–water partition coefficient (Wildman–Crippen LogP) is 1.01. The number of rotatable bonds is 6. The highest BCUT2D eigenvalue weighted by Gasteiger charge is 2.00. The summed E-state index contributed by atoms with van der Waals surface area (Å²) in [6, 6.07) is 1.99. The zero-order valence-corrected chi connectivity index (χ0v) is 9.92. The third kappa shape index (κ3) is 4.40. The Morgan fingerprint density at radius 1 is 1.50 bits per heavy atom. The molecule has 1 aromatic heterocycles. The van der Waals surface area contributed by atoms with Gasteiger partial charge in [-0.3, -0.25) is 9.78 Å². The summed E-state index contributed by atoms with van der Waals surface area (Å²) in [6.45, 7) is 6.13. The lowest BCUT2D eigenvalue weighted by Gasteiger charge is -2.06. The molecule has 0 aromatic carbocycles. The second-order valence-electron chi connectivity index (χ2n) is 3.68. The van der Waals surface area contributed by atoms with Gasteiger partial charge < -0.3 is 10.6 Å². The normalized spacial score (nSPS) is 10.1. The number of hydrogen-bond acceptors (Lipinski definition) is 3. The fourth-order valence-corrected chi connectivity index (χ4v) is 1.39. The third-order valence-corrected chi connectivity index (χ3v) is 2.37. The second kappa shape index (κ2) is 6.95. The summed E-state index contributed by atoms with van der Waals surface area (Å²) in [5.74, 6) is 0.0953. The largest absolute Gasteiger partial charge is 0.356 e. The van der Waals surface area contributed by atoms with Crippen LogP contribution in [0.25, 0.3) is 0 Å². The topological polar surface area (TPSA) is 54.0 Å². The fourth-order valence-electron chi connectivity index (χ4n) is 1.39. The summed E-state index contributed by atoms with van der Waals surface area (Å²) in [4.78, 5) is 15.2. The molecule has 0 spiro atoms. The Morgan fingerprint density at radius 3 is 3.00 bits per heavy atom. The summed E-state index contributed by atoms with van der Waals surface area (Å²) in [5.41, 5.74) is 2.40. The molecule has 0 fully saturated rings. The molecule has 0 atom stereocenters. The summed E-state index contributed by atoms with van der Waals surface area (Å²) in [6.07, 6.45) is 4.16. The minimum absolute atomic E-state index is 0.0953. The number of aromatic nitrogens is 1. The van der Waals surface area contributed by atoms with E-state index in [1.54, 1.807) is 6.20 Å². The Bertz CT molecular complexity index is 339. The molecule has 2 N–H and O–H groups in total. The molecule has 1 aromatic rings. The van der Waals surface area contributed by atoms with Crippen LogP contribution in [0.5, 0.6) is 0 Å². The van der Waals surface area contributed by atoms with Crippen molar-refractivity contribution in [1.82, 2.24) is 15.6 Å². The van der Waals surface area contributed by atoms with Gasteiger partial charge in [0.05, 0.1) is 0 Å². The molecule has 0 aliphatic carbocycles. The summed E-state index contributed by atoms with van der Waals surface area (Å²) >= 11 is 0. The molecule has 0 unspecified atom stereocenters. The molecule has 4 heteroatoms. The Labute approximate surface area is 96.5 Å². The highest BCUT2D eigenvalue weighted by atomic mass is 16.1. The van der Waals surface area contributed by atoms with Crippen LogP contribution in [0.3, 0.4) is 0 Å². The van der Waals surface area contributed by atoms with Crippen LogP contribution in [-0.4, -0.2) is 24.0 Å². The molecule has 0 aliphatic rings. The maximum atomic E-state index is 11.2. The molecule has 0 radical (unpaired) electrons. The Hall–Kier alpha value is -1.42. The van der Waals surface area contributed by atoms with Gasteiger partial charge in [0.25, 0.3) is 0 Å². The Morgan fingerprint density at radius 2 is 2.31 bits per heavy atom. The van der Waals surface area contributed by atoms with Gasteiger partial charge in [-0.05, 0) is 31.0 Å². The van der Waals surface area contributed by atoms with Crippen LogP contribution in [0, 0.1) is 6.92 Å². The van der Waals surface area contributed by atoms with E-state index in [1.807, 2.05) is 19.2 Å². The summed E-state index contributed by atoms with van der Waals surface area (Å²) in [7, 11) is 0. The zero-order valence-electron chi connectivity index (χ0n) is 9.92. The van der Waals surface area contributed by atoms with Crippen LogP contribution in [-0.2, 0) is 11.3 Å². The van der Waals surface area contributed by atoms with Gasteiger partial charge in [0, 0.05) is 38.4 Å². The standard InChI is InChI=1S/C12H19N3O/c1-3-15-12(16)5-7-14-9-11-8-13-6-4-10(11)2/h4,6,8,14H,3,5,7,9H2,1-2H3,(H,15,16). The van der Waals surface area contributed by atoms with E-state index in [0.717, 1.165) is 6.54 Å². The van der Waals surface area contributed by atoms with Crippen molar-refractivity contribution < 1.29 is 4.79 Å². The molecular weight excluding hydrogens is 202 g/mol. The average molecular weight is 221 g/mol. The van der Waals surface area contributed by atoms with Crippen molar-refractivity contribution in [3.8, 4) is 0 Å². The molecule has 1 heterocycles. The van der Waals surface area contributed by atoms with E-state index in [0.29, 0.717) is 19.5 Å². The maximum Gasteiger partial charge on any atom is 0.221 e. The van der Waals surface area contributed by atoms with Gasteiger partial charge in [-0.15, -0.1) is 0 Å². The van der Waals surface area contributed by atoms with Crippen molar-refractivity contribution in [3.63, 3.8) is 0 Å². The van der Waals surface area contributed by atoms with Crippen LogP contribution in [0.4, 0.5) is 0 Å². The first-order chi connectivity index (χ1) is 7.74. The lowest BCUT2D eigenvalue weighted by atomic mass is 10.1. The van der Waals surface area contributed by atoms with Crippen molar-refractivity contribution in [2.45, 2.75) is 26.8 Å². The zero-order chi connectivity index (χ0) is 11.8. The van der Waals surface area contributed by atoms with Gasteiger partial charge in [-0.25, -0.2) is 0 Å². The molecule has 0 saturated heterocycles. The fraction of sp³-hybridized carbons (Fsp3) is 0.500. The summed E-state index contributed by atoms with van der Waals surface area (Å²) in [5, 5.41) is 6.00. The van der Waals surface area contributed by atoms with Gasteiger partial charge >= 0.3 is 0 Å².